The monoisotopic (exact) mass is 244 g/mol. The molecule has 1 aromatic heterocycles. The zero-order valence-corrected chi connectivity index (χ0v) is 10.6. The van der Waals surface area contributed by atoms with Crippen LogP contribution in [-0.2, 0) is 5.41 Å². The first kappa shape index (κ1) is 14.7. The highest BCUT2D eigenvalue weighted by Crippen LogP contribution is 2.23. The predicted molar refractivity (Wildman–Crippen MR) is 63.4 cm³/mol. The third kappa shape index (κ3) is 5.55. The van der Waals surface area contributed by atoms with E-state index in [1.54, 1.807) is 0 Å². The Kier molecular flexibility index (Phi) is 5.23. The van der Waals surface area contributed by atoms with Gasteiger partial charge < -0.3 is 10.2 Å². The summed E-state index contributed by atoms with van der Waals surface area (Å²) in [6.07, 6.45) is 0.0185. The van der Waals surface area contributed by atoms with E-state index in [1.807, 2.05) is 13.1 Å². The molecule has 0 aliphatic heterocycles. The van der Waals surface area contributed by atoms with Gasteiger partial charge in [-0.1, -0.05) is 20.8 Å². The highest BCUT2D eigenvalue weighted by Gasteiger charge is 2.17. The van der Waals surface area contributed by atoms with Crippen LogP contribution in [0.15, 0.2) is 11.4 Å². The van der Waals surface area contributed by atoms with Gasteiger partial charge in [0.2, 0.25) is 0 Å². The Morgan fingerprint density at radius 2 is 1.81 bits per heavy atom. The van der Waals surface area contributed by atoms with Gasteiger partial charge in [-0.15, -0.1) is 12.6 Å². The van der Waals surface area contributed by atoms with Crippen molar-refractivity contribution >= 4 is 18.8 Å². The number of aryl methyl sites for hydroxylation is 1. The zero-order chi connectivity index (χ0) is 12.9. The molecule has 0 spiro atoms. The summed E-state index contributed by atoms with van der Waals surface area (Å²) >= 11 is 4.07. The Labute approximate surface area is 100.0 Å². The number of hydrogen-bond acceptors (Lipinski definition) is 4. The maximum atomic E-state index is 8.56. The van der Waals surface area contributed by atoms with Crippen molar-refractivity contribution in [3.63, 3.8) is 0 Å². The largest absolute Gasteiger partial charge is 0.503 e. The van der Waals surface area contributed by atoms with Crippen molar-refractivity contribution < 1.29 is 15.0 Å². The lowest BCUT2D eigenvalue weighted by molar-refractivity contribution is 0.137. The second kappa shape index (κ2) is 5.69. The standard InChI is InChI=1S/C9H14N2S.CH2O3/c1-6-7(9(2,3)4)5-10-8(12)11-6;2-1(3)4/h5H,1-4H3,(H,10,11,12);(H2,2,3,4). The molecule has 1 heterocycles. The molecule has 0 bridgehead atoms. The van der Waals surface area contributed by atoms with Gasteiger partial charge >= 0.3 is 6.16 Å². The van der Waals surface area contributed by atoms with E-state index in [9.17, 15) is 0 Å². The Bertz CT molecular complexity index is 371. The smallest absolute Gasteiger partial charge is 0.450 e. The molecule has 0 atom stereocenters. The second-order valence-electron chi connectivity index (χ2n) is 4.20. The van der Waals surface area contributed by atoms with Crippen LogP contribution in [0.2, 0.25) is 0 Å². The summed E-state index contributed by atoms with van der Waals surface area (Å²) in [5.74, 6) is 0. The predicted octanol–water partition coefficient (Wildman–Crippen LogP) is 2.59. The summed E-state index contributed by atoms with van der Waals surface area (Å²) in [4.78, 5) is 16.8. The van der Waals surface area contributed by atoms with Crippen LogP contribution in [0.3, 0.4) is 0 Å². The molecule has 0 amide bonds. The molecule has 0 aliphatic carbocycles. The van der Waals surface area contributed by atoms with Crippen LogP contribution in [0.1, 0.15) is 32.0 Å². The van der Waals surface area contributed by atoms with Gasteiger partial charge in [0.25, 0.3) is 0 Å². The molecule has 0 aliphatic rings. The fourth-order valence-electron chi connectivity index (χ4n) is 1.19. The Morgan fingerprint density at radius 1 is 1.38 bits per heavy atom. The number of thiol groups is 1. The quantitative estimate of drug-likeness (QED) is 0.482. The second-order valence-corrected chi connectivity index (χ2v) is 4.60. The van der Waals surface area contributed by atoms with Gasteiger partial charge in [0.05, 0.1) is 0 Å². The fraction of sp³-hybridized carbons (Fsp3) is 0.500. The van der Waals surface area contributed by atoms with Crippen LogP contribution in [-0.4, -0.2) is 26.3 Å². The number of aromatic nitrogens is 2. The Balaban J connectivity index is 0.000000487. The first-order valence-electron chi connectivity index (χ1n) is 4.59. The van der Waals surface area contributed by atoms with Crippen molar-refractivity contribution in [2.24, 2.45) is 0 Å². The Morgan fingerprint density at radius 3 is 2.12 bits per heavy atom. The SMILES string of the molecule is Cc1nc(S)ncc1C(C)(C)C.O=C(O)O. The van der Waals surface area contributed by atoms with Gasteiger partial charge in [-0.25, -0.2) is 14.8 Å². The molecular formula is C10H16N2O3S. The van der Waals surface area contributed by atoms with E-state index in [0.29, 0.717) is 5.16 Å². The maximum absolute atomic E-state index is 8.56. The van der Waals surface area contributed by atoms with Crippen molar-refractivity contribution in [2.45, 2.75) is 38.3 Å². The van der Waals surface area contributed by atoms with Crippen molar-refractivity contribution in [2.75, 3.05) is 0 Å². The maximum Gasteiger partial charge on any atom is 0.503 e. The van der Waals surface area contributed by atoms with Crippen LogP contribution >= 0.6 is 12.6 Å². The van der Waals surface area contributed by atoms with E-state index in [4.69, 9.17) is 15.0 Å². The fourth-order valence-corrected chi connectivity index (χ4v) is 1.40. The first-order valence-corrected chi connectivity index (χ1v) is 5.04. The molecule has 6 heteroatoms. The zero-order valence-electron chi connectivity index (χ0n) is 9.72. The third-order valence-electron chi connectivity index (χ3n) is 1.77. The summed E-state index contributed by atoms with van der Waals surface area (Å²) in [6, 6.07) is 0. The van der Waals surface area contributed by atoms with Crippen LogP contribution in [0, 0.1) is 6.92 Å². The van der Waals surface area contributed by atoms with Crippen LogP contribution in [0.5, 0.6) is 0 Å². The van der Waals surface area contributed by atoms with E-state index < -0.39 is 6.16 Å². The number of nitrogens with zero attached hydrogens (tertiary/aromatic N) is 2. The molecule has 5 nitrogen and oxygen atoms in total. The summed E-state index contributed by atoms with van der Waals surface area (Å²) < 4.78 is 0. The van der Waals surface area contributed by atoms with Gasteiger partial charge in [-0.2, -0.15) is 0 Å². The molecule has 2 N–H and O–H groups in total. The lowest BCUT2D eigenvalue weighted by atomic mass is 9.87. The van der Waals surface area contributed by atoms with Gasteiger partial charge in [-0.3, -0.25) is 0 Å². The average molecular weight is 244 g/mol. The summed E-state index contributed by atoms with van der Waals surface area (Å²) in [5.41, 5.74) is 2.31. The molecular weight excluding hydrogens is 228 g/mol. The molecule has 0 fully saturated rings. The van der Waals surface area contributed by atoms with E-state index >= 15 is 0 Å². The summed E-state index contributed by atoms with van der Waals surface area (Å²) in [6.45, 7) is 8.44. The van der Waals surface area contributed by atoms with Gasteiger partial charge in [0, 0.05) is 11.9 Å². The van der Waals surface area contributed by atoms with Gasteiger partial charge in [0.1, 0.15) is 0 Å². The molecule has 1 aromatic rings. The van der Waals surface area contributed by atoms with Crippen molar-refractivity contribution in [3.8, 4) is 0 Å². The van der Waals surface area contributed by atoms with Gasteiger partial charge in [-0.05, 0) is 17.9 Å². The van der Waals surface area contributed by atoms with Crippen molar-refractivity contribution in [1.82, 2.24) is 9.97 Å². The van der Waals surface area contributed by atoms with Gasteiger partial charge in [0.15, 0.2) is 5.16 Å². The normalized spacial score (nSPS) is 10.3. The van der Waals surface area contributed by atoms with E-state index in [0.717, 1.165) is 5.69 Å². The number of rotatable bonds is 0. The minimum absolute atomic E-state index is 0.117. The molecule has 0 unspecified atom stereocenters. The highest BCUT2D eigenvalue weighted by atomic mass is 32.1. The number of carboxylic acid groups (broad SMARTS) is 2. The van der Waals surface area contributed by atoms with Crippen LogP contribution in [0.4, 0.5) is 4.79 Å². The molecule has 0 saturated carbocycles. The molecule has 16 heavy (non-hydrogen) atoms. The molecule has 1 rings (SSSR count). The minimum atomic E-state index is -1.83. The first-order chi connectivity index (χ1) is 7.14. The highest BCUT2D eigenvalue weighted by molar-refractivity contribution is 7.80. The molecule has 0 radical (unpaired) electrons. The lowest BCUT2D eigenvalue weighted by Crippen LogP contribution is -2.14. The average Bonchev–Trinajstić information content (AvgIpc) is 1.99. The van der Waals surface area contributed by atoms with Crippen LogP contribution < -0.4 is 0 Å². The van der Waals surface area contributed by atoms with E-state index in [2.05, 4.69) is 43.4 Å². The third-order valence-corrected chi connectivity index (χ3v) is 1.99. The van der Waals surface area contributed by atoms with Crippen molar-refractivity contribution in [3.05, 3.63) is 17.5 Å². The molecule has 90 valence electrons. The van der Waals surface area contributed by atoms with E-state index in [1.165, 1.54) is 5.56 Å². The van der Waals surface area contributed by atoms with E-state index in [-0.39, 0.29) is 5.41 Å². The molecule has 0 aromatic carbocycles. The minimum Gasteiger partial charge on any atom is -0.450 e. The number of hydrogen-bond donors (Lipinski definition) is 3. The summed E-state index contributed by atoms with van der Waals surface area (Å²) in [7, 11) is 0. The topological polar surface area (TPSA) is 83.3 Å². The van der Waals surface area contributed by atoms with Crippen LogP contribution in [0.25, 0.3) is 0 Å². The number of carbonyl (C=O) groups is 1. The Hall–Kier alpha value is -1.30. The lowest BCUT2D eigenvalue weighted by Gasteiger charge is -2.19. The summed E-state index contributed by atoms with van der Waals surface area (Å²) in [5, 5.41) is 14.5. The molecule has 0 saturated heterocycles. The van der Waals surface area contributed by atoms with Crippen molar-refractivity contribution in [1.29, 1.82) is 0 Å².